The number of hydrogen-bond donors (Lipinski definition) is 2. The molecule has 1 amide bonds. The minimum Gasteiger partial charge on any atom is -0.383 e. The molecule has 0 aliphatic heterocycles. The highest BCUT2D eigenvalue weighted by Gasteiger charge is 2.20. The molecule has 21 heavy (non-hydrogen) atoms. The van der Waals surface area contributed by atoms with Crippen molar-refractivity contribution < 1.29 is 9.18 Å². The normalized spacial score (nSPS) is 11.4. The number of aromatic nitrogens is 1. The molecule has 2 rings (SSSR count). The van der Waals surface area contributed by atoms with Crippen molar-refractivity contribution in [3.8, 4) is 0 Å². The van der Waals surface area contributed by atoms with Crippen molar-refractivity contribution >= 4 is 22.5 Å². The number of carbonyl (C=O) groups excluding carboxylic acids is 1. The largest absolute Gasteiger partial charge is 0.383 e. The lowest BCUT2D eigenvalue weighted by Gasteiger charge is -2.18. The Bertz CT molecular complexity index is 650. The van der Waals surface area contributed by atoms with Crippen LogP contribution in [0.3, 0.4) is 0 Å². The number of rotatable bonds is 4. The highest BCUT2D eigenvalue weighted by Crippen LogP contribution is 2.21. The third-order valence-electron chi connectivity index (χ3n) is 3.11. The summed E-state index contributed by atoms with van der Waals surface area (Å²) >= 11 is 0. The first-order valence-corrected chi connectivity index (χ1v) is 6.94. The highest BCUT2D eigenvalue weighted by atomic mass is 19.1. The molecule has 1 heterocycles. The Balaban J connectivity index is 1.97. The molecule has 0 atom stereocenters. The molecule has 0 aliphatic carbocycles. The molecule has 0 saturated heterocycles. The van der Waals surface area contributed by atoms with Crippen LogP contribution in [-0.4, -0.2) is 24.0 Å². The Kier molecular flexibility index (Phi) is 4.40. The second-order valence-electron chi connectivity index (χ2n) is 5.95. The Labute approximate surface area is 123 Å². The molecule has 4 nitrogen and oxygen atoms in total. The second-order valence-corrected chi connectivity index (χ2v) is 5.95. The van der Waals surface area contributed by atoms with Gasteiger partial charge in [0, 0.05) is 41.8 Å². The van der Waals surface area contributed by atoms with Crippen LogP contribution < -0.4 is 10.6 Å². The number of halogens is 1. The zero-order chi connectivity index (χ0) is 15.5. The molecule has 0 radical (unpaired) electrons. The summed E-state index contributed by atoms with van der Waals surface area (Å²) in [6, 6.07) is 6.36. The minimum atomic E-state index is -0.388. The van der Waals surface area contributed by atoms with Crippen LogP contribution >= 0.6 is 0 Å². The van der Waals surface area contributed by atoms with Crippen LogP contribution in [0.2, 0.25) is 0 Å². The summed E-state index contributed by atoms with van der Waals surface area (Å²) in [6.45, 7) is 6.75. The fourth-order valence-electron chi connectivity index (χ4n) is 1.91. The fraction of sp³-hybridized carbons (Fsp3) is 0.375. The van der Waals surface area contributed by atoms with Gasteiger partial charge in [0.15, 0.2) is 0 Å². The molecule has 5 heteroatoms. The van der Waals surface area contributed by atoms with E-state index in [4.69, 9.17) is 0 Å². The number of nitrogens with one attached hydrogen (secondary N) is 2. The van der Waals surface area contributed by atoms with Crippen LogP contribution in [0.15, 0.2) is 30.5 Å². The van der Waals surface area contributed by atoms with E-state index in [0.29, 0.717) is 18.6 Å². The van der Waals surface area contributed by atoms with E-state index < -0.39 is 0 Å². The number of amides is 1. The molecule has 0 saturated carbocycles. The summed E-state index contributed by atoms with van der Waals surface area (Å²) in [5.41, 5.74) is 1.10. The van der Waals surface area contributed by atoms with Crippen LogP contribution in [0.4, 0.5) is 10.1 Å². The minimum absolute atomic E-state index is 0.0194. The SMILES string of the molecule is CC(C)(C)C(=O)NCCNc1ccnc2cc(F)ccc12. The summed E-state index contributed by atoms with van der Waals surface area (Å²) in [5.74, 6) is -0.282. The van der Waals surface area contributed by atoms with Gasteiger partial charge in [-0.2, -0.15) is 0 Å². The molecule has 0 bridgehead atoms. The molecule has 0 unspecified atom stereocenters. The van der Waals surface area contributed by atoms with Crippen LogP contribution in [0.25, 0.3) is 10.9 Å². The molecule has 0 aliphatic rings. The van der Waals surface area contributed by atoms with E-state index in [1.807, 2.05) is 26.8 Å². The molecule has 0 spiro atoms. The van der Waals surface area contributed by atoms with Crippen LogP contribution in [0.1, 0.15) is 20.8 Å². The molecule has 2 aromatic rings. The predicted octanol–water partition coefficient (Wildman–Crippen LogP) is 2.95. The fourth-order valence-corrected chi connectivity index (χ4v) is 1.91. The maximum Gasteiger partial charge on any atom is 0.225 e. The maximum atomic E-state index is 13.2. The van der Waals surface area contributed by atoms with Gasteiger partial charge in [-0.1, -0.05) is 20.8 Å². The van der Waals surface area contributed by atoms with Crippen molar-refractivity contribution in [2.45, 2.75) is 20.8 Å². The second kappa shape index (κ2) is 6.08. The third-order valence-corrected chi connectivity index (χ3v) is 3.11. The smallest absolute Gasteiger partial charge is 0.225 e. The van der Waals surface area contributed by atoms with Gasteiger partial charge in [0.25, 0.3) is 0 Å². The zero-order valence-electron chi connectivity index (χ0n) is 12.5. The Morgan fingerprint density at radius 2 is 2.00 bits per heavy atom. The quantitative estimate of drug-likeness (QED) is 0.851. The van der Waals surface area contributed by atoms with Crippen LogP contribution in [0.5, 0.6) is 0 Å². The van der Waals surface area contributed by atoms with E-state index in [2.05, 4.69) is 15.6 Å². The van der Waals surface area contributed by atoms with Gasteiger partial charge in [-0.3, -0.25) is 9.78 Å². The van der Waals surface area contributed by atoms with Gasteiger partial charge in [-0.15, -0.1) is 0 Å². The first kappa shape index (κ1) is 15.2. The summed E-state index contributed by atoms with van der Waals surface area (Å²) < 4.78 is 13.2. The molecule has 112 valence electrons. The van der Waals surface area contributed by atoms with Crippen molar-refractivity contribution in [1.82, 2.24) is 10.3 Å². The van der Waals surface area contributed by atoms with E-state index in [-0.39, 0.29) is 17.1 Å². The molecular weight excluding hydrogens is 269 g/mol. The van der Waals surface area contributed by atoms with Gasteiger partial charge in [0.1, 0.15) is 5.82 Å². The highest BCUT2D eigenvalue weighted by molar-refractivity contribution is 5.91. The van der Waals surface area contributed by atoms with Crippen molar-refractivity contribution in [3.63, 3.8) is 0 Å². The number of fused-ring (bicyclic) bond motifs is 1. The van der Waals surface area contributed by atoms with Crippen molar-refractivity contribution in [2.24, 2.45) is 5.41 Å². The number of nitrogens with zero attached hydrogens (tertiary/aromatic N) is 1. The maximum absolute atomic E-state index is 13.2. The Morgan fingerprint density at radius 1 is 1.24 bits per heavy atom. The average molecular weight is 289 g/mol. The molecule has 1 aromatic heterocycles. The van der Waals surface area contributed by atoms with Gasteiger partial charge in [0.2, 0.25) is 5.91 Å². The summed E-state index contributed by atoms with van der Waals surface area (Å²) in [5, 5.41) is 6.97. The standard InChI is InChI=1S/C16H20FN3O/c1-16(2,3)15(21)20-9-8-19-13-6-7-18-14-10-11(17)4-5-12(13)14/h4-7,10H,8-9H2,1-3H3,(H,18,19)(H,20,21). The lowest BCUT2D eigenvalue weighted by molar-refractivity contribution is -0.128. The summed E-state index contributed by atoms with van der Waals surface area (Å²) in [7, 11) is 0. The van der Waals surface area contributed by atoms with Crippen LogP contribution in [-0.2, 0) is 4.79 Å². The van der Waals surface area contributed by atoms with Gasteiger partial charge in [-0.05, 0) is 18.2 Å². The number of pyridine rings is 1. The van der Waals surface area contributed by atoms with Gasteiger partial charge < -0.3 is 10.6 Å². The Hall–Kier alpha value is -2.17. The van der Waals surface area contributed by atoms with Crippen molar-refractivity contribution in [2.75, 3.05) is 18.4 Å². The van der Waals surface area contributed by atoms with Crippen molar-refractivity contribution in [3.05, 3.63) is 36.3 Å². The molecule has 2 N–H and O–H groups in total. The zero-order valence-corrected chi connectivity index (χ0v) is 12.5. The van der Waals surface area contributed by atoms with E-state index in [0.717, 1.165) is 11.1 Å². The van der Waals surface area contributed by atoms with E-state index in [1.54, 1.807) is 12.3 Å². The monoisotopic (exact) mass is 289 g/mol. The first-order valence-electron chi connectivity index (χ1n) is 6.94. The number of hydrogen-bond acceptors (Lipinski definition) is 3. The van der Waals surface area contributed by atoms with E-state index >= 15 is 0 Å². The molecule has 1 aromatic carbocycles. The third kappa shape index (κ3) is 3.90. The van der Waals surface area contributed by atoms with Gasteiger partial charge >= 0.3 is 0 Å². The number of carbonyl (C=O) groups is 1. The van der Waals surface area contributed by atoms with Gasteiger partial charge in [-0.25, -0.2) is 4.39 Å². The Morgan fingerprint density at radius 3 is 2.71 bits per heavy atom. The predicted molar refractivity (Wildman–Crippen MR) is 82.7 cm³/mol. The van der Waals surface area contributed by atoms with E-state index in [9.17, 15) is 9.18 Å². The summed E-state index contributed by atoms with van der Waals surface area (Å²) in [6.07, 6.45) is 1.64. The number of anilines is 1. The van der Waals surface area contributed by atoms with Crippen LogP contribution in [0, 0.1) is 11.2 Å². The molecule has 0 fully saturated rings. The van der Waals surface area contributed by atoms with E-state index in [1.165, 1.54) is 12.1 Å². The number of benzene rings is 1. The lowest BCUT2D eigenvalue weighted by Crippen LogP contribution is -2.37. The van der Waals surface area contributed by atoms with Crippen molar-refractivity contribution in [1.29, 1.82) is 0 Å². The van der Waals surface area contributed by atoms with Gasteiger partial charge in [0.05, 0.1) is 5.52 Å². The summed E-state index contributed by atoms with van der Waals surface area (Å²) in [4.78, 5) is 15.9. The average Bonchev–Trinajstić information content (AvgIpc) is 2.41. The lowest BCUT2D eigenvalue weighted by atomic mass is 9.96. The first-order chi connectivity index (χ1) is 9.88. The molecular formula is C16H20FN3O. The topological polar surface area (TPSA) is 54.0 Å².